The second-order valence-electron chi connectivity index (χ2n) is 8.96. The summed E-state index contributed by atoms with van der Waals surface area (Å²) in [6.45, 7) is 8.71. The van der Waals surface area contributed by atoms with E-state index in [9.17, 15) is 9.59 Å². The fourth-order valence-electron chi connectivity index (χ4n) is 3.18. The van der Waals surface area contributed by atoms with Crippen LogP contribution in [0.5, 0.6) is 0 Å². The average Bonchev–Trinajstić information content (AvgIpc) is 2.68. The number of rotatable bonds is 14. The van der Waals surface area contributed by atoms with Crippen LogP contribution >= 0.6 is 0 Å². The average molecular weight is 419 g/mol. The van der Waals surface area contributed by atoms with Crippen molar-refractivity contribution in [2.24, 2.45) is 0 Å². The third-order valence-corrected chi connectivity index (χ3v) is 4.84. The first kappa shape index (κ1) is 26.0. The number of carbonyl (C=O) groups excluding carboxylic acids is 2. The lowest BCUT2D eigenvalue weighted by atomic mass is 10.0. The molecule has 5 heteroatoms. The molecule has 0 aliphatic carbocycles. The number of unbranched alkanes of at least 4 members (excludes halogenated alkanes) is 7. The summed E-state index contributed by atoms with van der Waals surface area (Å²) in [7, 11) is 0. The first-order chi connectivity index (χ1) is 14.3. The number of hydrogen-bond donors (Lipinski definition) is 2. The molecule has 0 saturated carbocycles. The molecule has 0 aliphatic rings. The molecule has 0 unspecified atom stereocenters. The maximum Gasteiger partial charge on any atom is 0.407 e. The smallest absolute Gasteiger partial charge is 0.407 e. The molecular weight excluding hydrogens is 376 g/mol. The lowest BCUT2D eigenvalue weighted by Gasteiger charge is -2.19. The fourth-order valence-corrected chi connectivity index (χ4v) is 3.18. The minimum Gasteiger partial charge on any atom is -0.444 e. The number of nitrogens with one attached hydrogen (secondary N) is 2. The van der Waals surface area contributed by atoms with Crippen molar-refractivity contribution in [3.8, 4) is 0 Å². The Balaban J connectivity index is 2.14. The van der Waals surface area contributed by atoms with Gasteiger partial charge in [0.1, 0.15) is 5.60 Å². The number of aryl methyl sites for hydroxylation is 1. The zero-order valence-electron chi connectivity index (χ0n) is 19.5. The molecule has 0 bridgehead atoms. The van der Waals surface area contributed by atoms with Gasteiger partial charge in [0.25, 0.3) is 5.91 Å². The molecule has 1 aromatic rings. The van der Waals surface area contributed by atoms with Crippen molar-refractivity contribution in [3.05, 3.63) is 35.4 Å². The van der Waals surface area contributed by atoms with E-state index in [2.05, 4.69) is 29.7 Å². The van der Waals surface area contributed by atoms with E-state index >= 15 is 0 Å². The van der Waals surface area contributed by atoms with E-state index in [0.717, 1.165) is 6.42 Å². The van der Waals surface area contributed by atoms with Gasteiger partial charge in [0, 0.05) is 18.7 Å². The summed E-state index contributed by atoms with van der Waals surface area (Å²) in [6, 6.07) is 7.91. The van der Waals surface area contributed by atoms with Gasteiger partial charge in [-0.3, -0.25) is 4.79 Å². The Bertz CT molecular complexity index is 606. The number of hydrogen-bond acceptors (Lipinski definition) is 3. The maximum atomic E-state index is 12.2. The zero-order valence-corrected chi connectivity index (χ0v) is 19.5. The number of amides is 2. The lowest BCUT2D eigenvalue weighted by Crippen LogP contribution is -2.34. The van der Waals surface area contributed by atoms with Crippen molar-refractivity contribution in [2.75, 3.05) is 13.1 Å². The molecule has 0 aliphatic heterocycles. The molecule has 1 aromatic carbocycles. The lowest BCUT2D eigenvalue weighted by molar-refractivity contribution is 0.0527. The first-order valence-corrected chi connectivity index (χ1v) is 11.7. The van der Waals surface area contributed by atoms with E-state index in [1.807, 2.05) is 32.9 Å². The zero-order chi connectivity index (χ0) is 22.2. The molecule has 2 amide bonds. The quantitative estimate of drug-likeness (QED) is 0.363. The van der Waals surface area contributed by atoms with Gasteiger partial charge in [0.15, 0.2) is 0 Å². The van der Waals surface area contributed by atoms with Crippen molar-refractivity contribution in [3.63, 3.8) is 0 Å². The van der Waals surface area contributed by atoms with Gasteiger partial charge in [-0.1, -0.05) is 64.0 Å². The highest BCUT2D eigenvalue weighted by Gasteiger charge is 2.15. The molecule has 170 valence electrons. The Morgan fingerprint density at radius 2 is 1.37 bits per heavy atom. The highest BCUT2D eigenvalue weighted by molar-refractivity contribution is 5.94. The van der Waals surface area contributed by atoms with Crippen LogP contribution in [0.2, 0.25) is 0 Å². The van der Waals surface area contributed by atoms with E-state index in [1.54, 1.807) is 0 Å². The second-order valence-corrected chi connectivity index (χ2v) is 8.96. The van der Waals surface area contributed by atoms with Gasteiger partial charge in [-0.2, -0.15) is 0 Å². The highest BCUT2D eigenvalue weighted by atomic mass is 16.6. The Morgan fingerprint density at radius 1 is 0.800 bits per heavy atom. The van der Waals surface area contributed by atoms with Crippen molar-refractivity contribution in [2.45, 2.75) is 97.5 Å². The van der Waals surface area contributed by atoms with Gasteiger partial charge in [0.2, 0.25) is 0 Å². The van der Waals surface area contributed by atoms with Crippen molar-refractivity contribution >= 4 is 12.0 Å². The normalized spacial score (nSPS) is 11.2. The molecule has 0 aromatic heterocycles. The topological polar surface area (TPSA) is 67.4 Å². The van der Waals surface area contributed by atoms with Crippen LogP contribution in [-0.2, 0) is 11.2 Å². The van der Waals surface area contributed by atoms with Gasteiger partial charge in [0.05, 0.1) is 0 Å². The predicted molar refractivity (Wildman–Crippen MR) is 124 cm³/mol. The predicted octanol–water partition coefficient (Wildman–Crippen LogP) is 6.01. The van der Waals surface area contributed by atoms with Gasteiger partial charge in [-0.05, 0) is 57.7 Å². The van der Waals surface area contributed by atoms with Crippen LogP contribution in [0.25, 0.3) is 0 Å². The number of benzene rings is 1. The van der Waals surface area contributed by atoms with Crippen molar-refractivity contribution in [1.82, 2.24) is 10.6 Å². The van der Waals surface area contributed by atoms with Crippen LogP contribution in [0.15, 0.2) is 24.3 Å². The van der Waals surface area contributed by atoms with Crippen molar-refractivity contribution < 1.29 is 14.3 Å². The third-order valence-electron chi connectivity index (χ3n) is 4.84. The second kappa shape index (κ2) is 14.9. The van der Waals surface area contributed by atoms with Crippen molar-refractivity contribution in [1.29, 1.82) is 0 Å². The Labute approximate surface area is 183 Å². The van der Waals surface area contributed by atoms with Crippen LogP contribution in [-0.4, -0.2) is 30.7 Å². The number of carbonyl (C=O) groups is 2. The van der Waals surface area contributed by atoms with E-state index in [1.165, 1.54) is 56.9 Å². The van der Waals surface area contributed by atoms with Gasteiger partial charge < -0.3 is 15.4 Å². The standard InChI is InChI=1S/C25H42N2O3/c1-5-6-7-8-9-10-11-12-14-21-15-17-22(18-16-21)23(28)26-19-13-20-27-24(29)30-25(2,3)4/h15-18H,5-14,19-20H2,1-4H3,(H,26,28)(H,27,29). The minimum atomic E-state index is -0.501. The van der Waals surface area contributed by atoms with Crippen LogP contribution < -0.4 is 10.6 Å². The first-order valence-electron chi connectivity index (χ1n) is 11.7. The number of alkyl carbamates (subject to hydrolysis) is 1. The summed E-state index contributed by atoms with van der Waals surface area (Å²) in [6.07, 6.45) is 11.9. The molecule has 2 N–H and O–H groups in total. The molecule has 30 heavy (non-hydrogen) atoms. The van der Waals surface area contributed by atoms with Gasteiger partial charge >= 0.3 is 6.09 Å². The molecule has 0 spiro atoms. The SMILES string of the molecule is CCCCCCCCCCc1ccc(C(=O)NCCCNC(=O)OC(C)(C)C)cc1. The van der Waals surface area contributed by atoms with Crippen LogP contribution in [0, 0.1) is 0 Å². The molecule has 0 heterocycles. The Morgan fingerprint density at radius 3 is 1.97 bits per heavy atom. The van der Waals surface area contributed by atoms with Gasteiger partial charge in [-0.25, -0.2) is 4.79 Å². The minimum absolute atomic E-state index is 0.0779. The summed E-state index contributed by atoms with van der Waals surface area (Å²) < 4.78 is 5.17. The van der Waals surface area contributed by atoms with E-state index in [0.29, 0.717) is 25.1 Å². The highest BCUT2D eigenvalue weighted by Crippen LogP contribution is 2.12. The van der Waals surface area contributed by atoms with E-state index < -0.39 is 11.7 Å². The maximum absolute atomic E-state index is 12.2. The molecule has 0 fully saturated rings. The summed E-state index contributed by atoms with van der Waals surface area (Å²) in [5.74, 6) is -0.0779. The largest absolute Gasteiger partial charge is 0.444 e. The fraction of sp³-hybridized carbons (Fsp3) is 0.680. The summed E-state index contributed by atoms with van der Waals surface area (Å²) in [5, 5.41) is 5.58. The molecular formula is C25H42N2O3. The van der Waals surface area contributed by atoms with Crippen LogP contribution in [0.4, 0.5) is 4.79 Å². The van der Waals surface area contributed by atoms with E-state index in [-0.39, 0.29) is 5.91 Å². The molecule has 5 nitrogen and oxygen atoms in total. The molecule has 0 saturated heterocycles. The summed E-state index contributed by atoms with van der Waals surface area (Å²) >= 11 is 0. The Kier molecular flexibility index (Phi) is 12.9. The third kappa shape index (κ3) is 13.2. The van der Waals surface area contributed by atoms with Gasteiger partial charge in [-0.15, -0.1) is 0 Å². The van der Waals surface area contributed by atoms with Crippen LogP contribution in [0.3, 0.4) is 0 Å². The van der Waals surface area contributed by atoms with E-state index in [4.69, 9.17) is 4.74 Å². The molecule has 0 atom stereocenters. The van der Waals surface area contributed by atoms with Crippen LogP contribution in [0.1, 0.15) is 101 Å². The molecule has 0 radical (unpaired) electrons. The monoisotopic (exact) mass is 418 g/mol. The summed E-state index contributed by atoms with van der Waals surface area (Å²) in [5.41, 5.74) is 1.47. The molecule has 1 rings (SSSR count). The Hall–Kier alpha value is -2.04. The number of ether oxygens (including phenoxy) is 1. The summed E-state index contributed by atoms with van der Waals surface area (Å²) in [4.78, 5) is 23.8.